The fourth-order valence-electron chi connectivity index (χ4n) is 0.995. The Balaban J connectivity index is 0.000000500. The van der Waals surface area contributed by atoms with Gasteiger partial charge in [-0.15, -0.1) is 0 Å². The molecule has 0 saturated heterocycles. The average Bonchev–Trinajstić information content (AvgIpc) is 2.33. The third-order valence-corrected chi connectivity index (χ3v) is 1.46. The van der Waals surface area contributed by atoms with Crippen LogP contribution >= 0.6 is 0 Å². The average molecular weight is 312 g/mol. The van der Waals surface area contributed by atoms with Gasteiger partial charge in [0.2, 0.25) is 0 Å². The number of rotatable bonds is 0. The van der Waals surface area contributed by atoms with Crippen molar-refractivity contribution in [2.45, 2.75) is 0 Å². The molecule has 1 aromatic carbocycles. The molecule has 1 N–H and O–H groups in total. The summed E-state index contributed by atoms with van der Waals surface area (Å²) < 4.78 is 0. The van der Waals surface area contributed by atoms with E-state index >= 15 is 0 Å². The largest absolute Gasteiger partial charge is 0.361 e. The van der Waals surface area contributed by atoms with Gasteiger partial charge in [-0.1, -0.05) is 18.2 Å². The molecular formula is C8H7NPt. The smallest absolute Gasteiger partial charge is 0.0453 e. The van der Waals surface area contributed by atoms with Crippen molar-refractivity contribution in [3.05, 3.63) is 36.5 Å². The van der Waals surface area contributed by atoms with Crippen molar-refractivity contribution >= 4 is 10.9 Å². The molecule has 2 rings (SSSR count). The maximum atomic E-state index is 3.12. The van der Waals surface area contributed by atoms with Gasteiger partial charge < -0.3 is 4.98 Å². The van der Waals surface area contributed by atoms with Gasteiger partial charge in [-0.3, -0.25) is 0 Å². The van der Waals surface area contributed by atoms with E-state index in [9.17, 15) is 0 Å². The van der Waals surface area contributed by atoms with Gasteiger partial charge in [-0.25, -0.2) is 0 Å². The van der Waals surface area contributed by atoms with E-state index in [4.69, 9.17) is 0 Å². The molecular weight excluding hydrogens is 305 g/mol. The van der Waals surface area contributed by atoms with E-state index in [0.29, 0.717) is 0 Å². The van der Waals surface area contributed by atoms with E-state index < -0.39 is 0 Å². The first kappa shape index (κ1) is 7.55. The summed E-state index contributed by atoms with van der Waals surface area (Å²) in [5, 5.41) is 1.28. The van der Waals surface area contributed by atoms with Crippen LogP contribution in [0.2, 0.25) is 0 Å². The standard InChI is InChI=1S/C8H7N.Pt/c1-2-4-8-7(3-1)5-6-9-8;/h1-6,9H;. The molecule has 54 valence electrons. The van der Waals surface area contributed by atoms with Gasteiger partial charge >= 0.3 is 0 Å². The van der Waals surface area contributed by atoms with Crippen LogP contribution in [0.15, 0.2) is 36.5 Å². The van der Waals surface area contributed by atoms with Crippen molar-refractivity contribution in [2.75, 3.05) is 0 Å². The summed E-state index contributed by atoms with van der Waals surface area (Å²) in [5.41, 5.74) is 1.21. The zero-order chi connectivity index (χ0) is 6.10. The number of aromatic nitrogens is 1. The molecule has 0 unspecified atom stereocenters. The molecule has 2 aromatic rings. The Morgan fingerprint density at radius 3 is 2.60 bits per heavy atom. The third kappa shape index (κ3) is 1.14. The summed E-state index contributed by atoms with van der Waals surface area (Å²) in [6.45, 7) is 0. The summed E-state index contributed by atoms with van der Waals surface area (Å²) in [4.78, 5) is 3.12. The molecule has 10 heavy (non-hydrogen) atoms. The quantitative estimate of drug-likeness (QED) is 0.767. The van der Waals surface area contributed by atoms with E-state index in [1.54, 1.807) is 0 Å². The SMILES string of the molecule is [Pt].c1ccc2[nH]ccc2c1. The summed E-state index contributed by atoms with van der Waals surface area (Å²) in [6, 6.07) is 10.3. The normalized spacial score (nSPS) is 9.20. The molecule has 0 aliphatic rings. The van der Waals surface area contributed by atoms with Crippen molar-refractivity contribution in [1.82, 2.24) is 4.98 Å². The van der Waals surface area contributed by atoms with Gasteiger partial charge in [0.25, 0.3) is 0 Å². The topological polar surface area (TPSA) is 15.8 Å². The fourth-order valence-corrected chi connectivity index (χ4v) is 0.995. The summed E-state index contributed by atoms with van der Waals surface area (Å²) in [5.74, 6) is 0. The van der Waals surface area contributed by atoms with Crippen molar-refractivity contribution in [1.29, 1.82) is 0 Å². The van der Waals surface area contributed by atoms with Crippen LogP contribution in [0.5, 0.6) is 0 Å². The summed E-state index contributed by atoms with van der Waals surface area (Å²) in [7, 11) is 0. The molecule has 0 amide bonds. The van der Waals surface area contributed by atoms with Crippen LogP contribution in [0, 0.1) is 0 Å². The summed E-state index contributed by atoms with van der Waals surface area (Å²) in [6.07, 6.45) is 1.95. The summed E-state index contributed by atoms with van der Waals surface area (Å²) >= 11 is 0. The molecule has 1 nitrogen and oxygen atoms in total. The number of nitrogens with one attached hydrogen (secondary N) is 1. The van der Waals surface area contributed by atoms with E-state index in [0.717, 1.165) is 0 Å². The van der Waals surface area contributed by atoms with Gasteiger partial charge in [0.15, 0.2) is 0 Å². The number of H-pyrrole nitrogens is 1. The third-order valence-electron chi connectivity index (χ3n) is 1.46. The molecule has 0 aliphatic heterocycles. The second-order valence-corrected chi connectivity index (χ2v) is 2.06. The van der Waals surface area contributed by atoms with Crippen LogP contribution in [0.1, 0.15) is 0 Å². The zero-order valence-corrected chi connectivity index (χ0v) is 7.55. The van der Waals surface area contributed by atoms with E-state index in [1.807, 2.05) is 18.3 Å². The van der Waals surface area contributed by atoms with E-state index in [2.05, 4.69) is 23.2 Å². The molecule has 0 fully saturated rings. The van der Waals surface area contributed by atoms with Crippen molar-refractivity contribution < 1.29 is 21.1 Å². The Bertz CT molecular complexity index is 283. The Labute approximate surface area is 73.7 Å². The fraction of sp³-hybridized carbons (Fsp3) is 0. The molecule has 0 radical (unpaired) electrons. The maximum absolute atomic E-state index is 3.12. The Kier molecular flexibility index (Phi) is 2.28. The molecule has 0 aliphatic carbocycles. The second-order valence-electron chi connectivity index (χ2n) is 2.06. The number of aromatic amines is 1. The first-order valence-corrected chi connectivity index (χ1v) is 2.99. The number of fused-ring (bicyclic) bond motifs is 1. The predicted octanol–water partition coefficient (Wildman–Crippen LogP) is 2.17. The molecule has 1 heterocycles. The van der Waals surface area contributed by atoms with Gasteiger partial charge in [-0.05, 0) is 17.5 Å². The molecule has 0 saturated carbocycles. The second kappa shape index (κ2) is 3.02. The van der Waals surface area contributed by atoms with Gasteiger partial charge in [0.05, 0.1) is 0 Å². The Morgan fingerprint density at radius 1 is 1.00 bits per heavy atom. The van der Waals surface area contributed by atoms with Crippen LogP contribution in [-0.2, 0) is 21.1 Å². The van der Waals surface area contributed by atoms with Gasteiger partial charge in [0.1, 0.15) is 0 Å². The van der Waals surface area contributed by atoms with E-state index in [-0.39, 0.29) is 21.1 Å². The molecule has 0 spiro atoms. The van der Waals surface area contributed by atoms with Crippen LogP contribution in [-0.4, -0.2) is 4.98 Å². The Hall–Kier alpha value is -0.552. The zero-order valence-electron chi connectivity index (χ0n) is 5.28. The maximum Gasteiger partial charge on any atom is 0.0453 e. The number of hydrogen-bond acceptors (Lipinski definition) is 0. The Morgan fingerprint density at radius 2 is 1.80 bits per heavy atom. The number of benzene rings is 1. The van der Waals surface area contributed by atoms with Crippen LogP contribution < -0.4 is 0 Å². The molecule has 0 bridgehead atoms. The van der Waals surface area contributed by atoms with Crippen molar-refractivity contribution in [3.8, 4) is 0 Å². The first-order chi connectivity index (χ1) is 4.47. The van der Waals surface area contributed by atoms with Gasteiger partial charge in [-0.2, -0.15) is 0 Å². The minimum atomic E-state index is 0. The van der Waals surface area contributed by atoms with E-state index in [1.165, 1.54) is 10.9 Å². The van der Waals surface area contributed by atoms with Crippen LogP contribution in [0.3, 0.4) is 0 Å². The minimum Gasteiger partial charge on any atom is -0.361 e. The first-order valence-electron chi connectivity index (χ1n) is 2.99. The molecule has 2 heteroatoms. The minimum absolute atomic E-state index is 0. The predicted molar refractivity (Wildman–Crippen MR) is 38.3 cm³/mol. The monoisotopic (exact) mass is 312 g/mol. The van der Waals surface area contributed by atoms with Crippen LogP contribution in [0.25, 0.3) is 10.9 Å². The molecule has 1 aromatic heterocycles. The number of para-hydroxylation sites is 1. The number of hydrogen-bond donors (Lipinski definition) is 1. The van der Waals surface area contributed by atoms with Crippen molar-refractivity contribution in [2.24, 2.45) is 0 Å². The van der Waals surface area contributed by atoms with Crippen molar-refractivity contribution in [3.63, 3.8) is 0 Å². The van der Waals surface area contributed by atoms with Crippen LogP contribution in [0.4, 0.5) is 0 Å². The van der Waals surface area contributed by atoms with Gasteiger partial charge in [0, 0.05) is 32.8 Å². The molecule has 0 atom stereocenters.